The van der Waals surface area contributed by atoms with Crippen LogP contribution in [0.2, 0.25) is 15.1 Å². The molecule has 0 atom stereocenters. The highest BCUT2D eigenvalue weighted by atomic mass is 35.5. The Labute approximate surface area is 125 Å². The monoisotopic (exact) mass is 345 g/mol. The number of hydrogen-bond acceptors (Lipinski definition) is 4. The first kappa shape index (κ1) is 16.5. The van der Waals surface area contributed by atoms with Crippen LogP contribution in [-0.4, -0.2) is 27.5 Å². The smallest absolute Gasteiger partial charge is 0.321 e. The minimum Gasteiger partial charge on any atom is -0.465 e. The van der Waals surface area contributed by atoms with Gasteiger partial charge in [-0.15, -0.1) is 0 Å². The lowest BCUT2D eigenvalue weighted by Crippen LogP contribution is -2.30. The Morgan fingerprint density at radius 3 is 2.47 bits per heavy atom. The van der Waals surface area contributed by atoms with Crippen LogP contribution >= 0.6 is 34.8 Å². The Morgan fingerprint density at radius 2 is 1.89 bits per heavy atom. The Bertz CT molecular complexity index is 589. The minimum absolute atomic E-state index is 0.0673. The van der Waals surface area contributed by atoms with E-state index in [4.69, 9.17) is 34.8 Å². The van der Waals surface area contributed by atoms with E-state index in [2.05, 4.69) is 9.46 Å². The summed E-state index contributed by atoms with van der Waals surface area (Å²) >= 11 is 17.3. The molecule has 1 N–H and O–H groups in total. The molecule has 0 bridgehead atoms. The van der Waals surface area contributed by atoms with Gasteiger partial charge in [0.25, 0.3) is 0 Å². The van der Waals surface area contributed by atoms with Crippen molar-refractivity contribution in [2.45, 2.75) is 11.8 Å². The van der Waals surface area contributed by atoms with Crippen LogP contribution in [0.5, 0.6) is 0 Å². The zero-order chi connectivity index (χ0) is 14.6. The highest BCUT2D eigenvalue weighted by Gasteiger charge is 2.21. The quantitative estimate of drug-likeness (QED) is 0.657. The van der Waals surface area contributed by atoms with Gasteiger partial charge in [-0.1, -0.05) is 34.8 Å². The number of esters is 1. The molecule has 0 aliphatic rings. The van der Waals surface area contributed by atoms with E-state index in [1.54, 1.807) is 6.92 Å². The Morgan fingerprint density at radius 1 is 1.26 bits per heavy atom. The van der Waals surface area contributed by atoms with E-state index in [0.29, 0.717) is 0 Å². The molecule has 0 saturated carbocycles. The number of hydrogen-bond donors (Lipinski definition) is 1. The lowest BCUT2D eigenvalue weighted by Gasteiger charge is -2.09. The number of carbonyl (C=O) groups excluding carboxylic acids is 1. The molecule has 1 aromatic carbocycles. The molecule has 1 rings (SSSR count). The van der Waals surface area contributed by atoms with Gasteiger partial charge >= 0.3 is 5.97 Å². The maximum absolute atomic E-state index is 11.9. The van der Waals surface area contributed by atoms with E-state index in [9.17, 15) is 13.2 Å². The van der Waals surface area contributed by atoms with Gasteiger partial charge in [0, 0.05) is 0 Å². The Balaban J connectivity index is 2.96. The SMILES string of the molecule is CCOC(=O)CNS(=O)(=O)c1ccc(Cl)c(Cl)c1Cl. The molecule has 1 aromatic rings. The van der Waals surface area contributed by atoms with Crippen molar-refractivity contribution < 1.29 is 17.9 Å². The van der Waals surface area contributed by atoms with Crippen molar-refractivity contribution in [1.29, 1.82) is 0 Å². The topological polar surface area (TPSA) is 72.5 Å². The molecule has 0 aliphatic carbocycles. The Hall–Kier alpha value is -0.530. The number of halogens is 3. The van der Waals surface area contributed by atoms with E-state index in [1.807, 2.05) is 0 Å². The summed E-state index contributed by atoms with van der Waals surface area (Å²) in [4.78, 5) is 10.8. The maximum atomic E-state index is 11.9. The van der Waals surface area contributed by atoms with Crippen molar-refractivity contribution in [3.8, 4) is 0 Å². The summed E-state index contributed by atoms with van der Waals surface area (Å²) in [6, 6.07) is 2.50. The summed E-state index contributed by atoms with van der Waals surface area (Å²) in [5.41, 5.74) is 0. The average Bonchev–Trinajstić information content (AvgIpc) is 2.34. The predicted molar refractivity (Wildman–Crippen MR) is 73.3 cm³/mol. The summed E-state index contributed by atoms with van der Waals surface area (Å²) < 4.78 is 30.5. The number of ether oxygens (including phenoxy) is 1. The summed E-state index contributed by atoms with van der Waals surface area (Å²) in [7, 11) is -3.97. The highest BCUT2D eigenvalue weighted by molar-refractivity contribution is 7.89. The second-order valence-electron chi connectivity index (χ2n) is 3.30. The third-order valence-corrected chi connectivity index (χ3v) is 4.85. The van der Waals surface area contributed by atoms with Crippen LogP contribution in [0, 0.1) is 0 Å². The van der Waals surface area contributed by atoms with Gasteiger partial charge in [-0.05, 0) is 19.1 Å². The molecule has 0 aromatic heterocycles. The molecule has 0 radical (unpaired) electrons. The zero-order valence-electron chi connectivity index (χ0n) is 9.74. The highest BCUT2D eigenvalue weighted by Crippen LogP contribution is 2.34. The van der Waals surface area contributed by atoms with Gasteiger partial charge < -0.3 is 4.74 Å². The molecule has 5 nitrogen and oxygen atoms in total. The second kappa shape index (κ2) is 6.76. The van der Waals surface area contributed by atoms with Gasteiger partial charge in [0.2, 0.25) is 10.0 Å². The molecule has 0 fully saturated rings. The molecule has 9 heteroatoms. The predicted octanol–water partition coefficient (Wildman–Crippen LogP) is 2.49. The number of nitrogens with one attached hydrogen (secondary N) is 1. The first-order valence-corrected chi connectivity index (χ1v) is 7.70. The molecule has 0 heterocycles. The number of rotatable bonds is 5. The van der Waals surface area contributed by atoms with Crippen molar-refractivity contribution in [3.05, 3.63) is 27.2 Å². The largest absolute Gasteiger partial charge is 0.465 e. The molecule has 0 saturated heterocycles. The van der Waals surface area contributed by atoms with Gasteiger partial charge in [-0.2, -0.15) is 4.72 Å². The van der Waals surface area contributed by atoms with Gasteiger partial charge in [0.05, 0.1) is 21.7 Å². The summed E-state index contributed by atoms with van der Waals surface area (Å²) in [5, 5.41) is -0.135. The number of carbonyl (C=O) groups is 1. The van der Waals surface area contributed by atoms with E-state index < -0.39 is 22.5 Å². The normalized spacial score (nSPS) is 11.4. The standard InChI is InChI=1S/C10H10Cl3NO4S/c1-2-18-8(15)5-14-19(16,17)7-4-3-6(11)9(12)10(7)13/h3-4,14H,2,5H2,1H3. The van der Waals surface area contributed by atoms with Crippen molar-refractivity contribution in [1.82, 2.24) is 4.72 Å². The number of sulfonamides is 1. The van der Waals surface area contributed by atoms with E-state index >= 15 is 0 Å². The average molecular weight is 347 g/mol. The van der Waals surface area contributed by atoms with Crippen LogP contribution < -0.4 is 4.72 Å². The van der Waals surface area contributed by atoms with Crippen LogP contribution in [-0.2, 0) is 19.6 Å². The third-order valence-electron chi connectivity index (χ3n) is 2.00. The van der Waals surface area contributed by atoms with Crippen LogP contribution in [0.15, 0.2) is 17.0 Å². The fourth-order valence-electron chi connectivity index (χ4n) is 1.16. The van der Waals surface area contributed by atoms with E-state index in [1.165, 1.54) is 12.1 Å². The fourth-order valence-corrected chi connectivity index (χ4v) is 3.10. The molecule has 0 spiro atoms. The lowest BCUT2D eigenvalue weighted by atomic mass is 10.4. The molecule has 0 amide bonds. The zero-order valence-corrected chi connectivity index (χ0v) is 12.8. The third kappa shape index (κ3) is 4.22. The van der Waals surface area contributed by atoms with Crippen molar-refractivity contribution in [3.63, 3.8) is 0 Å². The van der Waals surface area contributed by atoms with Crippen LogP contribution in [0.1, 0.15) is 6.92 Å². The molecule has 0 aliphatic heterocycles. The summed E-state index contributed by atoms with van der Waals surface area (Å²) in [6.07, 6.45) is 0. The van der Waals surface area contributed by atoms with Crippen LogP contribution in [0.3, 0.4) is 0 Å². The van der Waals surface area contributed by atoms with Crippen molar-refractivity contribution >= 4 is 50.8 Å². The molecular weight excluding hydrogens is 337 g/mol. The van der Waals surface area contributed by atoms with Crippen LogP contribution in [0.4, 0.5) is 0 Å². The second-order valence-corrected chi connectivity index (χ2v) is 6.20. The number of benzene rings is 1. The van der Waals surface area contributed by atoms with E-state index in [0.717, 1.165) is 0 Å². The summed E-state index contributed by atoms with van der Waals surface area (Å²) in [6.45, 7) is 1.28. The molecule has 19 heavy (non-hydrogen) atoms. The first-order chi connectivity index (χ1) is 8.79. The minimum atomic E-state index is -3.97. The Kier molecular flexibility index (Phi) is 5.88. The molecule has 0 unspecified atom stereocenters. The van der Waals surface area contributed by atoms with Crippen LogP contribution in [0.25, 0.3) is 0 Å². The fraction of sp³-hybridized carbons (Fsp3) is 0.300. The first-order valence-electron chi connectivity index (χ1n) is 5.08. The van der Waals surface area contributed by atoms with Gasteiger partial charge in [-0.3, -0.25) is 4.79 Å². The van der Waals surface area contributed by atoms with Gasteiger partial charge in [-0.25, -0.2) is 8.42 Å². The lowest BCUT2D eigenvalue weighted by molar-refractivity contribution is -0.141. The molecular formula is C10H10Cl3NO4S. The maximum Gasteiger partial charge on any atom is 0.321 e. The van der Waals surface area contributed by atoms with Crippen molar-refractivity contribution in [2.75, 3.05) is 13.2 Å². The van der Waals surface area contributed by atoms with Gasteiger partial charge in [0.15, 0.2) is 0 Å². The van der Waals surface area contributed by atoms with Gasteiger partial charge in [0.1, 0.15) is 11.4 Å². The molecule has 106 valence electrons. The summed E-state index contributed by atoms with van der Waals surface area (Å²) in [5.74, 6) is -0.692. The van der Waals surface area contributed by atoms with E-state index in [-0.39, 0.29) is 26.6 Å². The van der Waals surface area contributed by atoms with Crippen molar-refractivity contribution in [2.24, 2.45) is 0 Å².